The average molecular weight is 423 g/mol. The number of hydrogen-bond acceptors (Lipinski definition) is 5. The predicted octanol–water partition coefficient (Wildman–Crippen LogP) is 2.91. The van der Waals surface area contributed by atoms with Crippen molar-refractivity contribution in [3.05, 3.63) is 53.9 Å². The molecule has 2 aliphatic rings. The molecular formula is C25H34N4O2. The Morgan fingerprint density at radius 1 is 1.06 bits per heavy atom. The van der Waals surface area contributed by atoms with Crippen molar-refractivity contribution in [2.24, 2.45) is 5.92 Å². The number of para-hydroxylation sites is 1. The van der Waals surface area contributed by atoms with E-state index in [1.165, 1.54) is 11.3 Å². The van der Waals surface area contributed by atoms with Gasteiger partial charge in [0.25, 0.3) is 0 Å². The zero-order valence-electron chi connectivity index (χ0n) is 18.9. The van der Waals surface area contributed by atoms with Gasteiger partial charge in [0, 0.05) is 55.9 Å². The van der Waals surface area contributed by atoms with Crippen LogP contribution in [-0.2, 0) is 11.2 Å². The number of carbonyl (C=O) groups excluding carboxylic acids is 1. The van der Waals surface area contributed by atoms with E-state index in [1.54, 1.807) is 13.1 Å². The maximum Gasteiger partial charge on any atom is 0.230 e. The van der Waals surface area contributed by atoms with E-state index in [-0.39, 0.29) is 17.7 Å². The normalized spacial score (nSPS) is 22.1. The lowest BCUT2D eigenvalue weighted by atomic mass is 9.96. The summed E-state index contributed by atoms with van der Waals surface area (Å²) in [6, 6.07) is 12.4. The number of piperazine rings is 1. The van der Waals surface area contributed by atoms with Gasteiger partial charge in [-0.05, 0) is 50.6 Å². The van der Waals surface area contributed by atoms with Gasteiger partial charge >= 0.3 is 0 Å². The number of hydrogen-bond donors (Lipinski definition) is 1. The summed E-state index contributed by atoms with van der Waals surface area (Å²) in [4.78, 5) is 24.4. The molecule has 2 saturated heterocycles. The molecule has 3 atom stereocenters. The number of nitrogens with zero attached hydrogens (tertiary/aromatic N) is 4. The largest absolute Gasteiger partial charge is 0.393 e. The highest BCUT2D eigenvalue weighted by atomic mass is 16.3. The number of carbonyl (C=O) groups is 1. The first kappa shape index (κ1) is 21.8. The van der Waals surface area contributed by atoms with Gasteiger partial charge in [-0.1, -0.05) is 25.1 Å². The topological polar surface area (TPSA) is 59.9 Å². The van der Waals surface area contributed by atoms with Gasteiger partial charge in [-0.2, -0.15) is 0 Å². The van der Waals surface area contributed by atoms with Crippen molar-refractivity contribution in [1.29, 1.82) is 0 Å². The Morgan fingerprint density at radius 3 is 2.48 bits per heavy atom. The molecule has 6 heteroatoms. The number of likely N-dealkylation sites (N-methyl/N-ethyl adjacent to an activating group) is 1. The third kappa shape index (κ3) is 4.75. The van der Waals surface area contributed by atoms with Gasteiger partial charge in [0.1, 0.15) is 0 Å². The third-order valence-electron chi connectivity index (χ3n) is 6.89. The van der Waals surface area contributed by atoms with E-state index < -0.39 is 6.10 Å². The highest BCUT2D eigenvalue weighted by Gasteiger charge is 2.33. The smallest absolute Gasteiger partial charge is 0.230 e. The molecule has 0 radical (unpaired) electrons. The lowest BCUT2D eigenvalue weighted by Crippen LogP contribution is -2.44. The second-order valence-electron chi connectivity index (χ2n) is 9.07. The fourth-order valence-electron chi connectivity index (χ4n) is 4.56. The molecule has 1 aromatic carbocycles. The highest BCUT2D eigenvalue weighted by molar-refractivity contribution is 5.97. The first-order valence-electron chi connectivity index (χ1n) is 11.4. The predicted molar refractivity (Wildman–Crippen MR) is 125 cm³/mol. The molecule has 2 aromatic rings. The Morgan fingerprint density at radius 2 is 1.81 bits per heavy atom. The summed E-state index contributed by atoms with van der Waals surface area (Å²) in [6.07, 6.45) is 2.97. The van der Waals surface area contributed by atoms with Crippen LogP contribution in [0.3, 0.4) is 0 Å². The molecule has 2 fully saturated rings. The maximum atomic E-state index is 13.2. The van der Waals surface area contributed by atoms with Gasteiger partial charge in [0.2, 0.25) is 5.91 Å². The summed E-state index contributed by atoms with van der Waals surface area (Å²) in [6.45, 7) is 8.66. The SMILES string of the molecule is CC(c1ccc(N2CC[C@@H](Cc3ccccc3N3CCN(C)CC3)C2=O)cn1)[C@H](C)O. The van der Waals surface area contributed by atoms with Crippen molar-refractivity contribution in [3.8, 4) is 0 Å². The number of amides is 1. The molecule has 6 nitrogen and oxygen atoms in total. The number of rotatable bonds is 6. The van der Waals surface area contributed by atoms with Crippen LogP contribution in [-0.4, -0.2) is 66.8 Å². The molecule has 3 heterocycles. The lowest BCUT2D eigenvalue weighted by molar-refractivity contribution is -0.120. The molecule has 1 unspecified atom stereocenters. The van der Waals surface area contributed by atoms with E-state index in [2.05, 4.69) is 46.1 Å². The van der Waals surface area contributed by atoms with Gasteiger partial charge in [0.15, 0.2) is 0 Å². The molecule has 1 aromatic heterocycles. The molecule has 2 aliphatic heterocycles. The van der Waals surface area contributed by atoms with Gasteiger partial charge in [-0.15, -0.1) is 0 Å². The van der Waals surface area contributed by atoms with E-state index in [4.69, 9.17) is 0 Å². The van der Waals surface area contributed by atoms with Gasteiger partial charge in [0.05, 0.1) is 18.0 Å². The Balaban J connectivity index is 1.45. The van der Waals surface area contributed by atoms with Crippen LogP contribution in [0.2, 0.25) is 0 Å². The quantitative estimate of drug-likeness (QED) is 0.776. The maximum absolute atomic E-state index is 13.2. The van der Waals surface area contributed by atoms with Crippen LogP contribution < -0.4 is 9.80 Å². The molecule has 0 spiro atoms. The Labute approximate surface area is 185 Å². The van der Waals surface area contributed by atoms with E-state index in [0.29, 0.717) is 0 Å². The van der Waals surface area contributed by atoms with Crippen molar-refractivity contribution in [1.82, 2.24) is 9.88 Å². The number of benzene rings is 1. The Kier molecular flexibility index (Phi) is 6.58. The molecule has 0 aliphatic carbocycles. The second-order valence-corrected chi connectivity index (χ2v) is 9.07. The van der Waals surface area contributed by atoms with E-state index >= 15 is 0 Å². The minimum Gasteiger partial charge on any atom is -0.393 e. The Hall–Kier alpha value is -2.44. The van der Waals surface area contributed by atoms with Crippen LogP contribution in [0.15, 0.2) is 42.6 Å². The Bertz CT molecular complexity index is 891. The summed E-state index contributed by atoms with van der Waals surface area (Å²) < 4.78 is 0. The number of aromatic nitrogens is 1. The first-order chi connectivity index (χ1) is 14.9. The highest BCUT2D eigenvalue weighted by Crippen LogP contribution is 2.31. The van der Waals surface area contributed by atoms with E-state index in [9.17, 15) is 9.90 Å². The molecule has 31 heavy (non-hydrogen) atoms. The number of pyridine rings is 1. The van der Waals surface area contributed by atoms with Gasteiger partial charge < -0.3 is 19.8 Å². The standard InChI is InChI=1S/C25H34N4O2/c1-18(19(2)30)23-9-8-22(17-26-23)29-11-10-21(25(29)31)16-20-6-4-5-7-24(20)28-14-12-27(3)13-15-28/h4-9,17-19,21,30H,10-16H2,1-3H3/t18?,19-,21-/m0/s1. The van der Waals surface area contributed by atoms with Crippen LogP contribution in [0.1, 0.15) is 37.4 Å². The molecule has 1 amide bonds. The summed E-state index contributed by atoms with van der Waals surface area (Å²) in [5.74, 6) is 0.165. The monoisotopic (exact) mass is 422 g/mol. The van der Waals surface area contributed by atoms with Crippen LogP contribution in [0, 0.1) is 5.92 Å². The minimum atomic E-state index is -0.448. The van der Waals surface area contributed by atoms with Gasteiger partial charge in [-0.3, -0.25) is 9.78 Å². The molecule has 4 rings (SSSR count). The summed E-state index contributed by atoms with van der Waals surface area (Å²) in [5.41, 5.74) is 4.25. The van der Waals surface area contributed by atoms with Crippen molar-refractivity contribution < 1.29 is 9.90 Å². The summed E-state index contributed by atoms with van der Waals surface area (Å²) in [5, 5.41) is 9.79. The van der Waals surface area contributed by atoms with Crippen molar-refractivity contribution in [3.63, 3.8) is 0 Å². The van der Waals surface area contributed by atoms with Crippen LogP contribution >= 0.6 is 0 Å². The molecule has 166 valence electrons. The van der Waals surface area contributed by atoms with Crippen LogP contribution in [0.25, 0.3) is 0 Å². The van der Waals surface area contributed by atoms with Crippen molar-refractivity contribution in [2.75, 3.05) is 49.6 Å². The van der Waals surface area contributed by atoms with Gasteiger partial charge in [-0.25, -0.2) is 0 Å². The number of anilines is 2. The lowest BCUT2D eigenvalue weighted by Gasteiger charge is -2.35. The summed E-state index contributed by atoms with van der Waals surface area (Å²) in [7, 11) is 2.17. The van der Waals surface area contributed by atoms with Crippen molar-refractivity contribution >= 4 is 17.3 Å². The molecule has 1 N–H and O–H groups in total. The van der Waals surface area contributed by atoms with E-state index in [1.807, 2.05) is 24.0 Å². The van der Waals surface area contributed by atoms with Crippen LogP contribution in [0.4, 0.5) is 11.4 Å². The first-order valence-corrected chi connectivity index (χ1v) is 11.4. The summed E-state index contributed by atoms with van der Waals surface area (Å²) >= 11 is 0. The number of aliphatic hydroxyl groups is 1. The van der Waals surface area contributed by atoms with Crippen LogP contribution in [0.5, 0.6) is 0 Å². The number of aliphatic hydroxyl groups excluding tert-OH is 1. The molecule has 0 saturated carbocycles. The van der Waals surface area contributed by atoms with Crippen molar-refractivity contribution in [2.45, 2.75) is 38.7 Å². The zero-order chi connectivity index (χ0) is 22.0. The fourth-order valence-corrected chi connectivity index (χ4v) is 4.56. The average Bonchev–Trinajstić information content (AvgIpc) is 3.14. The van der Waals surface area contributed by atoms with E-state index in [0.717, 1.165) is 56.9 Å². The second kappa shape index (κ2) is 9.37. The minimum absolute atomic E-state index is 0.00433. The third-order valence-corrected chi connectivity index (χ3v) is 6.89. The zero-order valence-corrected chi connectivity index (χ0v) is 18.9. The fraction of sp³-hybridized carbons (Fsp3) is 0.520. The molecule has 0 bridgehead atoms. The molecular weight excluding hydrogens is 388 g/mol.